The fourth-order valence-electron chi connectivity index (χ4n) is 2.89. The van der Waals surface area contributed by atoms with Crippen LogP contribution in [0.25, 0.3) is 0 Å². The Labute approximate surface area is 179 Å². The zero-order valence-corrected chi connectivity index (χ0v) is 17.8. The minimum Gasteiger partial charge on any atom is -0.452 e. The number of carbonyl (C=O) groups excluding carboxylic acids is 2. The summed E-state index contributed by atoms with van der Waals surface area (Å²) in [6.45, 7) is 2.28. The summed E-state index contributed by atoms with van der Waals surface area (Å²) < 4.78 is 37.2. The summed E-state index contributed by atoms with van der Waals surface area (Å²) in [6, 6.07) is 10.8. The van der Waals surface area contributed by atoms with Crippen molar-refractivity contribution in [2.45, 2.75) is 11.8 Å². The Morgan fingerprint density at radius 2 is 1.90 bits per heavy atom. The molecule has 30 heavy (non-hydrogen) atoms. The van der Waals surface area contributed by atoms with Crippen LogP contribution in [0, 0.1) is 6.92 Å². The molecule has 3 rings (SSSR count). The molecule has 10 heteroatoms. The van der Waals surface area contributed by atoms with Crippen LogP contribution in [-0.2, 0) is 24.3 Å². The molecule has 0 unspecified atom stereocenters. The molecular formula is C20H21ClN2O6S. The van der Waals surface area contributed by atoms with Gasteiger partial charge >= 0.3 is 5.97 Å². The van der Waals surface area contributed by atoms with Crippen molar-refractivity contribution >= 4 is 39.2 Å². The number of nitrogens with one attached hydrogen (secondary N) is 1. The number of hydrogen-bond acceptors (Lipinski definition) is 6. The molecule has 0 aromatic heterocycles. The summed E-state index contributed by atoms with van der Waals surface area (Å²) in [4.78, 5) is 24.5. The number of halogens is 1. The first-order valence-electron chi connectivity index (χ1n) is 9.18. The minimum absolute atomic E-state index is 0.00895. The highest BCUT2D eigenvalue weighted by Crippen LogP contribution is 2.21. The van der Waals surface area contributed by atoms with Gasteiger partial charge in [0, 0.05) is 23.8 Å². The molecule has 0 spiro atoms. The van der Waals surface area contributed by atoms with Crippen molar-refractivity contribution in [3.63, 3.8) is 0 Å². The smallest absolute Gasteiger partial charge is 0.338 e. The Hall–Kier alpha value is -2.46. The second kappa shape index (κ2) is 9.57. The number of esters is 1. The van der Waals surface area contributed by atoms with E-state index in [0.29, 0.717) is 29.5 Å². The molecule has 1 heterocycles. The standard InChI is InChI=1S/C20H21ClN2O6S/c1-14-5-6-17(30(26,27)23-7-9-28-10-8-23)12-18(14)20(25)29-13-19(24)22-16-4-2-3-15(21)11-16/h2-6,11-12H,7-10,13H2,1H3,(H,22,24). The van der Waals surface area contributed by atoms with Crippen LogP contribution < -0.4 is 5.32 Å². The maximum atomic E-state index is 12.8. The molecule has 1 amide bonds. The van der Waals surface area contributed by atoms with E-state index in [-0.39, 0.29) is 23.5 Å². The molecule has 0 atom stereocenters. The predicted molar refractivity (Wildman–Crippen MR) is 111 cm³/mol. The van der Waals surface area contributed by atoms with E-state index in [4.69, 9.17) is 21.1 Å². The number of anilines is 1. The predicted octanol–water partition coefficient (Wildman–Crippen LogP) is 2.46. The van der Waals surface area contributed by atoms with E-state index >= 15 is 0 Å². The van der Waals surface area contributed by atoms with Gasteiger partial charge in [0.25, 0.3) is 5.91 Å². The lowest BCUT2D eigenvalue weighted by molar-refractivity contribution is -0.119. The van der Waals surface area contributed by atoms with Crippen molar-refractivity contribution in [3.05, 3.63) is 58.6 Å². The molecule has 0 aliphatic carbocycles. The summed E-state index contributed by atoms with van der Waals surface area (Å²) in [5.74, 6) is -1.33. The highest BCUT2D eigenvalue weighted by molar-refractivity contribution is 7.89. The van der Waals surface area contributed by atoms with Gasteiger partial charge in [-0.3, -0.25) is 4.79 Å². The third-order valence-corrected chi connectivity index (χ3v) is 6.61. The minimum atomic E-state index is -3.76. The number of nitrogens with zero attached hydrogens (tertiary/aromatic N) is 1. The Morgan fingerprint density at radius 1 is 1.17 bits per heavy atom. The lowest BCUT2D eigenvalue weighted by Gasteiger charge is -2.26. The Kier molecular flexibility index (Phi) is 7.09. The zero-order chi connectivity index (χ0) is 21.7. The van der Waals surface area contributed by atoms with Crippen LogP contribution in [0.15, 0.2) is 47.4 Å². The van der Waals surface area contributed by atoms with Gasteiger partial charge in [-0.1, -0.05) is 23.7 Å². The van der Waals surface area contributed by atoms with Crippen molar-refractivity contribution in [2.24, 2.45) is 0 Å². The molecule has 1 aliphatic heterocycles. The number of benzene rings is 2. The molecule has 0 saturated carbocycles. The van der Waals surface area contributed by atoms with E-state index < -0.39 is 28.5 Å². The highest BCUT2D eigenvalue weighted by atomic mass is 35.5. The summed E-state index contributed by atoms with van der Waals surface area (Å²) in [6.07, 6.45) is 0. The van der Waals surface area contributed by atoms with E-state index in [1.165, 1.54) is 22.5 Å². The second-order valence-corrected chi connectivity index (χ2v) is 9.00. The third kappa shape index (κ3) is 5.37. The quantitative estimate of drug-likeness (QED) is 0.675. The van der Waals surface area contributed by atoms with E-state index in [1.54, 1.807) is 31.2 Å². The van der Waals surface area contributed by atoms with Crippen LogP contribution in [0.4, 0.5) is 5.69 Å². The van der Waals surface area contributed by atoms with E-state index in [0.717, 1.165) is 0 Å². The molecule has 1 saturated heterocycles. The first kappa shape index (κ1) is 22.2. The second-order valence-electron chi connectivity index (χ2n) is 6.63. The van der Waals surface area contributed by atoms with Crippen LogP contribution >= 0.6 is 11.6 Å². The SMILES string of the molecule is Cc1ccc(S(=O)(=O)N2CCOCC2)cc1C(=O)OCC(=O)Nc1cccc(Cl)c1. The number of amides is 1. The maximum absolute atomic E-state index is 12.8. The Bertz CT molecular complexity index is 1050. The molecule has 8 nitrogen and oxygen atoms in total. The number of hydrogen-bond donors (Lipinski definition) is 1. The van der Waals surface area contributed by atoms with Gasteiger partial charge in [-0.25, -0.2) is 13.2 Å². The number of carbonyl (C=O) groups is 2. The van der Waals surface area contributed by atoms with Crippen LogP contribution in [0.2, 0.25) is 5.02 Å². The molecule has 0 bridgehead atoms. The first-order chi connectivity index (χ1) is 14.3. The van der Waals surface area contributed by atoms with Crippen molar-refractivity contribution in [1.82, 2.24) is 4.31 Å². The third-order valence-electron chi connectivity index (χ3n) is 4.48. The van der Waals surface area contributed by atoms with Crippen molar-refractivity contribution in [3.8, 4) is 0 Å². The summed E-state index contributed by atoms with van der Waals surface area (Å²) in [5.41, 5.74) is 1.09. The molecule has 1 fully saturated rings. The average Bonchev–Trinajstić information content (AvgIpc) is 2.73. The van der Waals surface area contributed by atoms with E-state index in [9.17, 15) is 18.0 Å². The fraction of sp³-hybridized carbons (Fsp3) is 0.300. The summed E-state index contributed by atoms with van der Waals surface area (Å²) >= 11 is 5.86. The van der Waals surface area contributed by atoms with Gasteiger partial charge < -0.3 is 14.8 Å². The average molecular weight is 453 g/mol. The molecule has 2 aromatic carbocycles. The lowest BCUT2D eigenvalue weighted by atomic mass is 10.1. The Morgan fingerprint density at radius 3 is 2.60 bits per heavy atom. The van der Waals surface area contributed by atoms with Crippen LogP contribution in [-0.4, -0.2) is 57.5 Å². The zero-order valence-electron chi connectivity index (χ0n) is 16.3. The van der Waals surface area contributed by atoms with Gasteiger partial charge in [0.2, 0.25) is 10.0 Å². The van der Waals surface area contributed by atoms with Crippen LogP contribution in [0.1, 0.15) is 15.9 Å². The first-order valence-corrected chi connectivity index (χ1v) is 11.0. The number of ether oxygens (including phenoxy) is 2. The van der Waals surface area contributed by atoms with Gasteiger partial charge in [-0.05, 0) is 42.8 Å². The highest BCUT2D eigenvalue weighted by Gasteiger charge is 2.27. The van der Waals surface area contributed by atoms with Gasteiger partial charge in [-0.2, -0.15) is 4.31 Å². The van der Waals surface area contributed by atoms with Gasteiger partial charge in [-0.15, -0.1) is 0 Å². The molecule has 0 radical (unpaired) electrons. The van der Waals surface area contributed by atoms with E-state index in [2.05, 4.69) is 5.32 Å². The van der Waals surface area contributed by atoms with E-state index in [1.807, 2.05) is 0 Å². The normalized spacial score (nSPS) is 14.9. The summed E-state index contributed by atoms with van der Waals surface area (Å²) in [7, 11) is -3.76. The number of morpholine rings is 1. The van der Waals surface area contributed by atoms with Crippen molar-refractivity contribution in [2.75, 3.05) is 38.2 Å². The van der Waals surface area contributed by atoms with Gasteiger partial charge in [0.15, 0.2) is 6.61 Å². The molecular weight excluding hydrogens is 432 g/mol. The largest absolute Gasteiger partial charge is 0.452 e. The van der Waals surface area contributed by atoms with Crippen molar-refractivity contribution in [1.29, 1.82) is 0 Å². The number of sulfonamides is 1. The lowest BCUT2D eigenvalue weighted by Crippen LogP contribution is -2.40. The maximum Gasteiger partial charge on any atom is 0.338 e. The molecule has 1 N–H and O–H groups in total. The van der Waals surface area contributed by atoms with Crippen LogP contribution in [0.3, 0.4) is 0 Å². The topological polar surface area (TPSA) is 102 Å². The Balaban J connectivity index is 1.68. The molecule has 2 aromatic rings. The van der Waals surface area contributed by atoms with Gasteiger partial charge in [0.1, 0.15) is 0 Å². The molecule has 1 aliphatic rings. The fourth-order valence-corrected chi connectivity index (χ4v) is 4.51. The number of aryl methyl sites for hydroxylation is 1. The summed E-state index contributed by atoms with van der Waals surface area (Å²) in [5, 5.41) is 3.02. The number of rotatable bonds is 6. The van der Waals surface area contributed by atoms with Gasteiger partial charge in [0.05, 0.1) is 23.7 Å². The molecule has 160 valence electrons. The monoisotopic (exact) mass is 452 g/mol. The van der Waals surface area contributed by atoms with Crippen molar-refractivity contribution < 1.29 is 27.5 Å². The van der Waals surface area contributed by atoms with Crippen LogP contribution in [0.5, 0.6) is 0 Å².